The van der Waals surface area contributed by atoms with E-state index < -0.39 is 5.79 Å². The third-order valence-corrected chi connectivity index (χ3v) is 6.47. The number of fused-ring (bicyclic) bond motifs is 6. The molecular weight excluding hydrogens is 350 g/mol. The van der Waals surface area contributed by atoms with E-state index in [2.05, 4.69) is 0 Å². The topological polar surface area (TPSA) is 74.3 Å². The average Bonchev–Trinajstić information content (AvgIpc) is 3.21. The zero-order valence-corrected chi connectivity index (χ0v) is 15.8. The Balaban J connectivity index is 1.69. The average molecular weight is 373 g/mol. The molecule has 1 saturated heterocycles. The van der Waals surface area contributed by atoms with Crippen molar-refractivity contribution in [3.8, 4) is 11.5 Å². The van der Waals surface area contributed by atoms with Crippen LogP contribution in [0.3, 0.4) is 0 Å². The number of amides is 1. The molecule has 7 nitrogen and oxygen atoms in total. The lowest BCUT2D eigenvalue weighted by Gasteiger charge is -2.51. The number of ether oxygens (including phenoxy) is 4. The van der Waals surface area contributed by atoms with Crippen molar-refractivity contribution in [2.45, 2.75) is 50.7 Å². The van der Waals surface area contributed by atoms with Gasteiger partial charge in [0.15, 0.2) is 17.3 Å². The van der Waals surface area contributed by atoms with Gasteiger partial charge in [-0.3, -0.25) is 4.79 Å². The van der Waals surface area contributed by atoms with Crippen molar-refractivity contribution in [3.05, 3.63) is 23.3 Å². The fourth-order valence-corrected chi connectivity index (χ4v) is 5.27. The highest BCUT2D eigenvalue weighted by molar-refractivity contribution is 5.98. The smallest absolute Gasteiger partial charge is 0.254 e. The first-order valence-corrected chi connectivity index (χ1v) is 9.34. The first-order chi connectivity index (χ1) is 12.8. The lowest BCUT2D eigenvalue weighted by atomic mass is 9.63. The molecule has 6 unspecified atom stereocenters. The number of benzene rings is 1. The first kappa shape index (κ1) is 17.0. The molecule has 27 heavy (non-hydrogen) atoms. The number of carbonyl (C=O) groups excluding carboxylic acids is 2. The SMILES string of the molecule is CC1C(C=O)C2c3cc4c(cc3C(=O)N(C)C2C2OC(C)(C)OC12)OCO4. The van der Waals surface area contributed by atoms with Crippen molar-refractivity contribution in [2.24, 2.45) is 11.8 Å². The van der Waals surface area contributed by atoms with Crippen LogP contribution in [0.25, 0.3) is 0 Å². The summed E-state index contributed by atoms with van der Waals surface area (Å²) in [6.45, 7) is 5.92. The summed E-state index contributed by atoms with van der Waals surface area (Å²) in [6.07, 6.45) is 0.483. The maximum Gasteiger partial charge on any atom is 0.254 e. The fraction of sp³-hybridized carbons (Fsp3) is 0.600. The van der Waals surface area contributed by atoms with E-state index in [1.54, 1.807) is 18.0 Å². The molecule has 1 aromatic carbocycles. The highest BCUT2D eigenvalue weighted by Crippen LogP contribution is 2.53. The second kappa shape index (κ2) is 5.45. The number of carbonyl (C=O) groups is 2. The predicted octanol–water partition coefficient (Wildman–Crippen LogP) is 1.94. The monoisotopic (exact) mass is 373 g/mol. The lowest BCUT2D eigenvalue weighted by Crippen LogP contribution is -2.62. The van der Waals surface area contributed by atoms with Crippen LogP contribution in [0.4, 0.5) is 0 Å². The molecule has 3 aliphatic heterocycles. The van der Waals surface area contributed by atoms with E-state index in [0.717, 1.165) is 11.8 Å². The van der Waals surface area contributed by atoms with Crippen LogP contribution in [0, 0.1) is 11.8 Å². The van der Waals surface area contributed by atoms with Crippen LogP contribution < -0.4 is 9.47 Å². The molecule has 7 heteroatoms. The molecule has 0 spiro atoms. The molecule has 1 aromatic rings. The van der Waals surface area contributed by atoms with Gasteiger partial charge in [0.25, 0.3) is 5.91 Å². The van der Waals surface area contributed by atoms with Gasteiger partial charge in [-0.1, -0.05) is 6.92 Å². The number of hydrogen-bond acceptors (Lipinski definition) is 6. The van der Waals surface area contributed by atoms with Gasteiger partial charge < -0.3 is 28.6 Å². The van der Waals surface area contributed by atoms with E-state index >= 15 is 0 Å². The summed E-state index contributed by atoms with van der Waals surface area (Å²) in [5, 5.41) is 0. The second-order valence-electron chi connectivity index (χ2n) is 8.36. The third-order valence-electron chi connectivity index (χ3n) is 6.47. The van der Waals surface area contributed by atoms with Crippen molar-refractivity contribution in [1.82, 2.24) is 4.90 Å². The number of rotatable bonds is 1. The van der Waals surface area contributed by atoms with E-state index in [4.69, 9.17) is 18.9 Å². The van der Waals surface area contributed by atoms with Crippen LogP contribution in [0.1, 0.15) is 42.6 Å². The number of hydrogen-bond donors (Lipinski definition) is 0. The minimum atomic E-state index is -0.745. The maximum atomic E-state index is 13.1. The Labute approximate surface area is 157 Å². The van der Waals surface area contributed by atoms with Crippen molar-refractivity contribution in [3.63, 3.8) is 0 Å². The zero-order valence-electron chi connectivity index (χ0n) is 15.8. The van der Waals surface area contributed by atoms with Crippen LogP contribution in [0.15, 0.2) is 12.1 Å². The fourth-order valence-electron chi connectivity index (χ4n) is 5.27. The van der Waals surface area contributed by atoms with Gasteiger partial charge in [0.05, 0.1) is 12.1 Å². The molecule has 2 fully saturated rings. The second-order valence-corrected chi connectivity index (χ2v) is 8.36. The van der Waals surface area contributed by atoms with E-state index in [-0.39, 0.29) is 48.7 Å². The Morgan fingerprint density at radius 2 is 1.81 bits per heavy atom. The summed E-state index contributed by atoms with van der Waals surface area (Å²) < 4.78 is 23.3. The van der Waals surface area contributed by atoms with Gasteiger partial charge in [-0.15, -0.1) is 0 Å². The van der Waals surface area contributed by atoms with Gasteiger partial charge in [-0.05, 0) is 37.5 Å². The van der Waals surface area contributed by atoms with Gasteiger partial charge in [-0.2, -0.15) is 0 Å². The summed E-state index contributed by atoms with van der Waals surface area (Å²) in [6, 6.07) is 3.33. The largest absolute Gasteiger partial charge is 0.454 e. The summed E-state index contributed by atoms with van der Waals surface area (Å²) in [5.41, 5.74) is 1.40. The van der Waals surface area contributed by atoms with E-state index in [9.17, 15) is 9.59 Å². The lowest BCUT2D eigenvalue weighted by molar-refractivity contribution is -0.151. The molecule has 1 amide bonds. The van der Waals surface area contributed by atoms with Gasteiger partial charge in [0, 0.05) is 24.4 Å². The first-order valence-electron chi connectivity index (χ1n) is 9.34. The van der Waals surface area contributed by atoms with Gasteiger partial charge in [-0.25, -0.2) is 0 Å². The molecule has 144 valence electrons. The standard InChI is InChI=1S/C20H23NO6/c1-9-12(7-22)15-10-5-13-14(25-8-24-13)6-11(10)19(23)21(4)16(15)18-17(9)26-20(2,3)27-18/h5-7,9,12,15-18H,8H2,1-4H3. The summed E-state index contributed by atoms with van der Waals surface area (Å²) in [4.78, 5) is 27.0. The van der Waals surface area contributed by atoms with Crippen LogP contribution in [-0.4, -0.2) is 55.0 Å². The number of likely N-dealkylation sites (N-methyl/N-ethyl adjacent to an activating group) is 1. The molecule has 0 radical (unpaired) electrons. The van der Waals surface area contributed by atoms with E-state index in [0.29, 0.717) is 17.1 Å². The minimum Gasteiger partial charge on any atom is -0.454 e. The molecule has 6 atom stereocenters. The highest BCUT2D eigenvalue weighted by atomic mass is 16.8. The van der Waals surface area contributed by atoms with Gasteiger partial charge in [0.1, 0.15) is 12.4 Å². The minimum absolute atomic E-state index is 0.0320. The Bertz CT molecular complexity index is 836. The van der Waals surface area contributed by atoms with Crippen LogP contribution in [-0.2, 0) is 14.3 Å². The van der Waals surface area contributed by atoms with Crippen molar-refractivity contribution in [1.29, 1.82) is 0 Å². The predicted molar refractivity (Wildman–Crippen MR) is 93.7 cm³/mol. The normalized spacial score (nSPS) is 38.2. The Hall–Kier alpha value is -2.12. The van der Waals surface area contributed by atoms with Crippen molar-refractivity contribution >= 4 is 12.2 Å². The third kappa shape index (κ3) is 2.21. The van der Waals surface area contributed by atoms with E-state index in [1.165, 1.54) is 0 Å². The summed E-state index contributed by atoms with van der Waals surface area (Å²) in [7, 11) is 1.77. The molecule has 0 aromatic heterocycles. The highest BCUT2D eigenvalue weighted by Gasteiger charge is 2.60. The summed E-state index contributed by atoms with van der Waals surface area (Å²) in [5.74, 6) is -0.156. The maximum absolute atomic E-state index is 13.1. The summed E-state index contributed by atoms with van der Waals surface area (Å²) >= 11 is 0. The molecule has 4 aliphatic rings. The van der Waals surface area contributed by atoms with Crippen LogP contribution in [0.5, 0.6) is 11.5 Å². The molecule has 0 bridgehead atoms. The van der Waals surface area contributed by atoms with Crippen LogP contribution >= 0.6 is 0 Å². The van der Waals surface area contributed by atoms with Crippen LogP contribution in [0.2, 0.25) is 0 Å². The van der Waals surface area contributed by atoms with Crippen molar-refractivity contribution in [2.75, 3.05) is 13.8 Å². The zero-order chi connectivity index (χ0) is 19.1. The number of aldehydes is 1. The van der Waals surface area contributed by atoms with E-state index in [1.807, 2.05) is 26.8 Å². The van der Waals surface area contributed by atoms with Crippen molar-refractivity contribution < 1.29 is 28.5 Å². The Morgan fingerprint density at radius 3 is 2.52 bits per heavy atom. The molecule has 1 aliphatic carbocycles. The molecule has 5 rings (SSSR count). The Kier molecular flexibility index (Phi) is 3.44. The number of nitrogens with zero attached hydrogens (tertiary/aromatic N) is 1. The molecule has 1 saturated carbocycles. The van der Waals surface area contributed by atoms with Gasteiger partial charge in [0.2, 0.25) is 6.79 Å². The molecule has 0 N–H and O–H groups in total. The quantitative estimate of drug-likeness (QED) is 0.701. The Morgan fingerprint density at radius 1 is 1.15 bits per heavy atom. The molecule has 3 heterocycles. The van der Waals surface area contributed by atoms with Gasteiger partial charge >= 0.3 is 0 Å². The molecular formula is C20H23NO6.